The molecule has 14 nitrogen and oxygen atoms in total. The van der Waals surface area contributed by atoms with E-state index in [2.05, 4.69) is 0 Å². The van der Waals surface area contributed by atoms with Gasteiger partial charge in [-0.15, -0.1) is 0 Å². The Labute approximate surface area is 262 Å². The Morgan fingerprint density at radius 1 is 0.341 bits per heavy atom. The highest BCUT2D eigenvalue weighted by Gasteiger charge is 1.97. The van der Waals surface area contributed by atoms with Crippen LogP contribution in [0.1, 0.15) is 0 Å². The summed E-state index contributed by atoms with van der Waals surface area (Å²) in [6.45, 7) is 11.3. The van der Waals surface area contributed by atoms with Gasteiger partial charge in [-0.2, -0.15) is 0 Å². The molecule has 0 spiro atoms. The summed E-state index contributed by atoms with van der Waals surface area (Å²) in [6, 6.07) is 7.26. The van der Waals surface area contributed by atoms with Crippen LogP contribution in [0.5, 0.6) is 5.75 Å². The van der Waals surface area contributed by atoms with Gasteiger partial charge < -0.3 is 67.7 Å². The molecular formula is C30H55NO13. The van der Waals surface area contributed by atoms with Crippen molar-refractivity contribution in [3.05, 3.63) is 24.3 Å². The van der Waals surface area contributed by atoms with Gasteiger partial charge in [0.15, 0.2) is 0 Å². The number of hydrogen-bond donors (Lipinski definition) is 2. The maximum atomic E-state index is 8.57. The molecule has 14 heteroatoms. The second-order valence-electron chi connectivity index (χ2n) is 8.88. The molecule has 0 saturated carbocycles. The zero-order valence-corrected chi connectivity index (χ0v) is 26.2. The number of ether oxygens (including phenoxy) is 12. The quantitative estimate of drug-likeness (QED) is 0.0787. The summed E-state index contributed by atoms with van der Waals surface area (Å²) in [5.41, 5.74) is 6.34. The van der Waals surface area contributed by atoms with E-state index in [4.69, 9.17) is 67.7 Å². The Morgan fingerprint density at radius 3 is 0.818 bits per heavy atom. The molecule has 0 unspecified atom stereocenters. The smallest absolute Gasteiger partial charge is 0.119 e. The van der Waals surface area contributed by atoms with Crippen LogP contribution in [-0.4, -0.2) is 164 Å². The summed E-state index contributed by atoms with van der Waals surface area (Å²) in [5, 5.41) is 8.57. The van der Waals surface area contributed by atoms with Gasteiger partial charge in [0.25, 0.3) is 0 Å². The molecule has 0 bridgehead atoms. The van der Waals surface area contributed by atoms with Crippen molar-refractivity contribution < 1.29 is 61.9 Å². The minimum Gasteiger partial charge on any atom is -0.491 e. The molecule has 0 saturated heterocycles. The standard InChI is InChI=1S/C30H55NO13/c31-29-1-3-30(4-2-29)44-28-27-43-26-25-42-24-23-41-22-21-40-20-19-39-18-17-38-16-15-37-14-13-36-12-11-35-10-9-34-8-7-33-6-5-32/h1-4,32H,5-28,31H2. The van der Waals surface area contributed by atoms with Crippen molar-refractivity contribution in [2.75, 3.05) is 164 Å². The van der Waals surface area contributed by atoms with E-state index < -0.39 is 0 Å². The van der Waals surface area contributed by atoms with Crippen LogP contribution < -0.4 is 10.5 Å². The average Bonchev–Trinajstić information content (AvgIpc) is 3.03. The monoisotopic (exact) mass is 637 g/mol. The van der Waals surface area contributed by atoms with Crippen LogP contribution in [0.4, 0.5) is 5.69 Å². The highest BCUT2D eigenvalue weighted by atomic mass is 16.6. The van der Waals surface area contributed by atoms with Gasteiger partial charge in [0.05, 0.1) is 152 Å². The lowest BCUT2D eigenvalue weighted by atomic mass is 10.3. The second kappa shape index (κ2) is 34.2. The van der Waals surface area contributed by atoms with Crippen LogP contribution in [0.3, 0.4) is 0 Å². The van der Waals surface area contributed by atoms with Crippen LogP contribution in [-0.2, 0) is 52.1 Å². The number of benzene rings is 1. The average molecular weight is 638 g/mol. The van der Waals surface area contributed by atoms with E-state index in [1.165, 1.54) is 0 Å². The molecule has 0 amide bonds. The van der Waals surface area contributed by atoms with E-state index in [1.807, 2.05) is 12.1 Å². The molecule has 0 aliphatic carbocycles. The largest absolute Gasteiger partial charge is 0.491 e. The van der Waals surface area contributed by atoms with Crippen LogP contribution in [0, 0.1) is 0 Å². The van der Waals surface area contributed by atoms with Crippen molar-refractivity contribution in [1.82, 2.24) is 0 Å². The van der Waals surface area contributed by atoms with Gasteiger partial charge >= 0.3 is 0 Å². The molecule has 258 valence electrons. The van der Waals surface area contributed by atoms with E-state index in [0.29, 0.717) is 158 Å². The Hall–Kier alpha value is -1.66. The number of rotatable bonds is 36. The van der Waals surface area contributed by atoms with Crippen molar-refractivity contribution >= 4 is 5.69 Å². The molecule has 0 fully saturated rings. The summed E-state index contributed by atoms with van der Waals surface area (Å²) in [6.07, 6.45) is 0. The fraction of sp³-hybridized carbons (Fsp3) is 0.800. The Balaban J connectivity index is 1.62. The number of aliphatic hydroxyl groups excluding tert-OH is 1. The van der Waals surface area contributed by atoms with Gasteiger partial charge in [0.1, 0.15) is 12.4 Å². The lowest BCUT2D eigenvalue weighted by Crippen LogP contribution is -2.15. The third-order valence-corrected chi connectivity index (χ3v) is 5.33. The minimum atomic E-state index is 0.0242. The second-order valence-corrected chi connectivity index (χ2v) is 8.88. The molecule has 44 heavy (non-hydrogen) atoms. The first-order valence-corrected chi connectivity index (χ1v) is 15.3. The van der Waals surface area contributed by atoms with E-state index in [0.717, 1.165) is 5.75 Å². The maximum absolute atomic E-state index is 8.57. The van der Waals surface area contributed by atoms with Gasteiger partial charge in [-0.25, -0.2) is 0 Å². The highest BCUT2D eigenvalue weighted by molar-refractivity contribution is 5.41. The van der Waals surface area contributed by atoms with E-state index in [-0.39, 0.29) is 6.61 Å². The summed E-state index contributed by atoms with van der Waals surface area (Å²) in [5.74, 6) is 0.770. The number of nitrogens with two attached hydrogens (primary N) is 1. The fourth-order valence-electron chi connectivity index (χ4n) is 3.15. The molecule has 0 heterocycles. The SMILES string of the molecule is Nc1ccc(OCCOCCOCCOCCOCCOCCOCCOCCOCCOCCOCCOCCO)cc1. The van der Waals surface area contributed by atoms with Gasteiger partial charge in [0, 0.05) is 5.69 Å². The third-order valence-electron chi connectivity index (χ3n) is 5.33. The van der Waals surface area contributed by atoms with Crippen molar-refractivity contribution in [3.63, 3.8) is 0 Å². The van der Waals surface area contributed by atoms with Crippen molar-refractivity contribution in [3.8, 4) is 5.75 Å². The van der Waals surface area contributed by atoms with Gasteiger partial charge in [-0.1, -0.05) is 0 Å². The number of aliphatic hydroxyl groups is 1. The van der Waals surface area contributed by atoms with Gasteiger partial charge in [0.2, 0.25) is 0 Å². The first-order valence-electron chi connectivity index (χ1n) is 15.3. The zero-order valence-electron chi connectivity index (χ0n) is 26.2. The van der Waals surface area contributed by atoms with Gasteiger partial charge in [-0.05, 0) is 24.3 Å². The molecule has 0 aromatic heterocycles. The number of hydrogen-bond acceptors (Lipinski definition) is 14. The molecule has 0 atom stereocenters. The summed E-state index contributed by atoms with van der Waals surface area (Å²) >= 11 is 0. The van der Waals surface area contributed by atoms with Crippen molar-refractivity contribution in [2.45, 2.75) is 0 Å². The van der Waals surface area contributed by atoms with Crippen LogP contribution in [0.2, 0.25) is 0 Å². The number of anilines is 1. The molecule has 1 aromatic carbocycles. The minimum absolute atomic E-state index is 0.0242. The first-order chi connectivity index (χ1) is 21.8. The third kappa shape index (κ3) is 30.4. The number of nitrogen functional groups attached to an aromatic ring is 1. The molecule has 3 N–H and O–H groups in total. The molecular weight excluding hydrogens is 582 g/mol. The van der Waals surface area contributed by atoms with Crippen LogP contribution in [0.25, 0.3) is 0 Å². The van der Waals surface area contributed by atoms with Crippen LogP contribution >= 0.6 is 0 Å². The summed E-state index contributed by atoms with van der Waals surface area (Å²) in [7, 11) is 0. The Morgan fingerprint density at radius 2 is 0.568 bits per heavy atom. The normalized spacial score (nSPS) is 11.4. The summed E-state index contributed by atoms with van der Waals surface area (Å²) < 4.78 is 65.0. The van der Waals surface area contributed by atoms with Gasteiger partial charge in [-0.3, -0.25) is 0 Å². The molecule has 1 aromatic rings. The molecule has 0 aliphatic rings. The zero-order chi connectivity index (χ0) is 31.4. The van der Waals surface area contributed by atoms with E-state index >= 15 is 0 Å². The Kier molecular flexibility index (Phi) is 31.4. The maximum Gasteiger partial charge on any atom is 0.119 e. The van der Waals surface area contributed by atoms with Crippen molar-refractivity contribution in [1.29, 1.82) is 0 Å². The van der Waals surface area contributed by atoms with Crippen molar-refractivity contribution in [2.24, 2.45) is 0 Å². The lowest BCUT2D eigenvalue weighted by Gasteiger charge is -2.09. The Bertz CT molecular complexity index is 687. The van der Waals surface area contributed by atoms with Crippen LogP contribution in [0.15, 0.2) is 24.3 Å². The fourth-order valence-corrected chi connectivity index (χ4v) is 3.15. The first kappa shape index (κ1) is 40.4. The molecule has 0 radical (unpaired) electrons. The predicted molar refractivity (Wildman–Crippen MR) is 162 cm³/mol. The topological polar surface area (TPSA) is 157 Å². The lowest BCUT2D eigenvalue weighted by molar-refractivity contribution is -0.0280. The molecule has 0 aliphatic heterocycles. The predicted octanol–water partition coefficient (Wildman–Crippen LogP) is 0.823. The highest BCUT2D eigenvalue weighted by Crippen LogP contribution is 2.12. The molecule has 1 rings (SSSR count). The summed E-state index contributed by atoms with van der Waals surface area (Å²) in [4.78, 5) is 0. The van der Waals surface area contributed by atoms with E-state index in [1.54, 1.807) is 12.1 Å². The van der Waals surface area contributed by atoms with E-state index in [9.17, 15) is 0 Å².